The van der Waals surface area contributed by atoms with Gasteiger partial charge < -0.3 is 10.8 Å². The molecule has 0 aromatic carbocycles. The first kappa shape index (κ1) is 17.9. The van der Waals surface area contributed by atoms with Crippen LogP contribution in [-0.4, -0.2) is 17.8 Å². The maximum Gasteiger partial charge on any atom is 0.0662 e. The van der Waals surface area contributed by atoms with E-state index in [1.165, 1.54) is 70.6 Å². The molecule has 0 aromatic rings. The van der Waals surface area contributed by atoms with E-state index in [0.717, 1.165) is 12.8 Å². The minimum atomic E-state index is -0.270. The van der Waals surface area contributed by atoms with Crippen molar-refractivity contribution in [3.63, 3.8) is 0 Å². The molecule has 0 unspecified atom stereocenters. The highest BCUT2D eigenvalue weighted by Gasteiger charge is 1.99. The third kappa shape index (κ3) is 14.0. The molecule has 0 aromatic heterocycles. The zero-order chi connectivity index (χ0) is 13.5. The Labute approximate surface area is 114 Å². The van der Waals surface area contributed by atoms with E-state index in [-0.39, 0.29) is 6.10 Å². The average Bonchev–Trinajstić information content (AvgIpc) is 2.39. The van der Waals surface area contributed by atoms with Crippen LogP contribution in [0.1, 0.15) is 90.4 Å². The molecule has 0 bridgehead atoms. The van der Waals surface area contributed by atoms with Gasteiger partial charge in [0.2, 0.25) is 0 Å². The fourth-order valence-corrected chi connectivity index (χ4v) is 2.34. The second-order valence-corrected chi connectivity index (χ2v) is 5.57. The topological polar surface area (TPSA) is 46.2 Å². The van der Waals surface area contributed by atoms with Crippen molar-refractivity contribution in [2.45, 2.75) is 96.5 Å². The Bertz CT molecular complexity index is 150. The molecule has 3 N–H and O–H groups in total. The quantitative estimate of drug-likeness (QED) is 0.453. The Balaban J connectivity index is 2.94. The molecule has 0 rings (SSSR count). The summed E-state index contributed by atoms with van der Waals surface area (Å²) in [5.41, 5.74) is 5.36. The van der Waals surface area contributed by atoms with Crippen molar-refractivity contribution in [3.8, 4) is 0 Å². The van der Waals surface area contributed by atoms with Gasteiger partial charge in [-0.25, -0.2) is 0 Å². The van der Waals surface area contributed by atoms with E-state index in [2.05, 4.69) is 6.92 Å². The third-order valence-corrected chi connectivity index (χ3v) is 3.66. The minimum Gasteiger partial charge on any atom is -0.392 e. The highest BCUT2D eigenvalue weighted by molar-refractivity contribution is 4.56. The molecule has 0 fully saturated rings. The maximum atomic E-state index is 9.29. The predicted molar refractivity (Wildman–Crippen MR) is 80.8 cm³/mol. The summed E-state index contributed by atoms with van der Waals surface area (Å²) in [4.78, 5) is 0. The molecular formula is C16H35NO. The van der Waals surface area contributed by atoms with Crippen LogP contribution in [0.2, 0.25) is 0 Å². The number of aliphatic hydroxyl groups is 1. The molecule has 2 nitrogen and oxygen atoms in total. The van der Waals surface area contributed by atoms with Crippen molar-refractivity contribution in [3.05, 3.63) is 0 Å². The monoisotopic (exact) mass is 257 g/mol. The van der Waals surface area contributed by atoms with Gasteiger partial charge in [-0.2, -0.15) is 0 Å². The standard InChI is InChI=1S/C16H35NO/c1-2-3-4-5-6-7-8-9-10-11-12-13-14-16(18)15-17/h16,18H,2-15,17H2,1H3/t16-/m0/s1. The maximum absolute atomic E-state index is 9.29. The summed E-state index contributed by atoms with van der Waals surface area (Å²) in [5.74, 6) is 0. The van der Waals surface area contributed by atoms with Crippen LogP contribution in [0.3, 0.4) is 0 Å². The minimum absolute atomic E-state index is 0.270. The molecule has 0 radical (unpaired) electrons. The highest BCUT2D eigenvalue weighted by Crippen LogP contribution is 2.12. The average molecular weight is 257 g/mol. The van der Waals surface area contributed by atoms with Gasteiger partial charge in [-0.05, 0) is 6.42 Å². The van der Waals surface area contributed by atoms with Gasteiger partial charge in [-0.3, -0.25) is 0 Å². The van der Waals surface area contributed by atoms with Crippen LogP contribution in [-0.2, 0) is 0 Å². The molecule has 1 atom stereocenters. The van der Waals surface area contributed by atoms with Gasteiger partial charge >= 0.3 is 0 Å². The molecule has 110 valence electrons. The summed E-state index contributed by atoms with van der Waals surface area (Å²) < 4.78 is 0. The SMILES string of the molecule is CCCCCCCCCCCCCC[C@H](O)CN. The molecule has 0 saturated carbocycles. The smallest absolute Gasteiger partial charge is 0.0662 e. The van der Waals surface area contributed by atoms with E-state index in [4.69, 9.17) is 5.73 Å². The first-order valence-corrected chi connectivity index (χ1v) is 8.19. The van der Waals surface area contributed by atoms with E-state index in [9.17, 15) is 5.11 Å². The Morgan fingerprint density at radius 2 is 1.11 bits per heavy atom. The zero-order valence-electron chi connectivity index (χ0n) is 12.5. The van der Waals surface area contributed by atoms with E-state index in [1.54, 1.807) is 0 Å². The number of unbranched alkanes of at least 4 members (excludes halogenated alkanes) is 11. The van der Waals surface area contributed by atoms with Gasteiger partial charge in [-0.1, -0.05) is 84.0 Å². The first-order valence-electron chi connectivity index (χ1n) is 8.19. The summed E-state index contributed by atoms with van der Waals surface area (Å²) in [6, 6.07) is 0. The largest absolute Gasteiger partial charge is 0.392 e. The predicted octanol–water partition coefficient (Wildman–Crippen LogP) is 4.40. The number of nitrogens with two attached hydrogens (primary N) is 1. The number of hydrogen-bond donors (Lipinski definition) is 2. The van der Waals surface area contributed by atoms with Crippen LogP contribution in [0.4, 0.5) is 0 Å². The van der Waals surface area contributed by atoms with Gasteiger partial charge in [0.05, 0.1) is 6.10 Å². The van der Waals surface area contributed by atoms with Crippen molar-refractivity contribution in [2.24, 2.45) is 5.73 Å². The van der Waals surface area contributed by atoms with Gasteiger partial charge in [0.25, 0.3) is 0 Å². The van der Waals surface area contributed by atoms with Gasteiger partial charge in [0.15, 0.2) is 0 Å². The van der Waals surface area contributed by atoms with Crippen molar-refractivity contribution in [1.82, 2.24) is 0 Å². The molecule has 0 aliphatic carbocycles. The van der Waals surface area contributed by atoms with Gasteiger partial charge in [0, 0.05) is 6.54 Å². The molecule has 18 heavy (non-hydrogen) atoms. The molecule has 0 amide bonds. The lowest BCUT2D eigenvalue weighted by atomic mass is 10.0. The van der Waals surface area contributed by atoms with Crippen LogP contribution in [0.5, 0.6) is 0 Å². The lowest BCUT2D eigenvalue weighted by molar-refractivity contribution is 0.168. The zero-order valence-corrected chi connectivity index (χ0v) is 12.5. The fourth-order valence-electron chi connectivity index (χ4n) is 2.34. The number of rotatable bonds is 14. The van der Waals surface area contributed by atoms with E-state index in [1.807, 2.05) is 0 Å². The highest BCUT2D eigenvalue weighted by atomic mass is 16.3. The molecule has 0 aliphatic heterocycles. The summed E-state index contributed by atoms with van der Waals surface area (Å²) in [7, 11) is 0. The second kappa shape index (κ2) is 15.0. The van der Waals surface area contributed by atoms with Crippen LogP contribution in [0, 0.1) is 0 Å². The van der Waals surface area contributed by atoms with Crippen LogP contribution < -0.4 is 5.73 Å². The number of hydrogen-bond acceptors (Lipinski definition) is 2. The third-order valence-electron chi connectivity index (χ3n) is 3.66. The molecular weight excluding hydrogens is 222 g/mol. The molecule has 2 heteroatoms. The van der Waals surface area contributed by atoms with Crippen LogP contribution >= 0.6 is 0 Å². The Hall–Kier alpha value is -0.0800. The number of aliphatic hydroxyl groups excluding tert-OH is 1. The second-order valence-electron chi connectivity index (χ2n) is 5.57. The molecule has 0 aliphatic rings. The Kier molecular flexibility index (Phi) is 14.9. The van der Waals surface area contributed by atoms with E-state index >= 15 is 0 Å². The van der Waals surface area contributed by atoms with Gasteiger partial charge in [0.1, 0.15) is 0 Å². The lowest BCUT2D eigenvalue weighted by Gasteiger charge is -2.06. The van der Waals surface area contributed by atoms with Crippen molar-refractivity contribution in [1.29, 1.82) is 0 Å². The lowest BCUT2D eigenvalue weighted by Crippen LogP contribution is -2.19. The normalized spacial score (nSPS) is 12.8. The van der Waals surface area contributed by atoms with E-state index in [0.29, 0.717) is 6.54 Å². The fraction of sp³-hybridized carbons (Fsp3) is 1.00. The van der Waals surface area contributed by atoms with E-state index < -0.39 is 0 Å². The van der Waals surface area contributed by atoms with Crippen molar-refractivity contribution < 1.29 is 5.11 Å². The van der Waals surface area contributed by atoms with Crippen LogP contribution in [0.15, 0.2) is 0 Å². The Morgan fingerprint density at radius 1 is 0.722 bits per heavy atom. The first-order chi connectivity index (χ1) is 8.81. The molecule has 0 heterocycles. The summed E-state index contributed by atoms with van der Waals surface area (Å²) in [6.45, 7) is 2.69. The molecule has 0 saturated heterocycles. The molecule has 0 spiro atoms. The summed E-state index contributed by atoms with van der Waals surface area (Å²) >= 11 is 0. The summed E-state index contributed by atoms with van der Waals surface area (Å²) in [5, 5.41) is 9.29. The van der Waals surface area contributed by atoms with Crippen LogP contribution in [0.25, 0.3) is 0 Å². The Morgan fingerprint density at radius 3 is 1.50 bits per heavy atom. The van der Waals surface area contributed by atoms with Crippen molar-refractivity contribution >= 4 is 0 Å². The van der Waals surface area contributed by atoms with Gasteiger partial charge in [-0.15, -0.1) is 0 Å². The summed E-state index contributed by atoms with van der Waals surface area (Å²) in [6.07, 6.45) is 17.0. The van der Waals surface area contributed by atoms with Crippen molar-refractivity contribution in [2.75, 3.05) is 6.54 Å².